The van der Waals surface area contributed by atoms with Crippen molar-refractivity contribution in [2.75, 3.05) is 54.0 Å². The third-order valence-corrected chi connectivity index (χ3v) is 2.91. The van der Waals surface area contributed by atoms with Gasteiger partial charge in [-0.2, -0.15) is 0 Å². The molecule has 0 radical (unpaired) electrons. The fraction of sp³-hybridized carbons (Fsp3) is 0.846. The maximum absolute atomic E-state index is 12.5. The molecule has 0 saturated carbocycles. The lowest BCUT2D eigenvalue weighted by Crippen LogP contribution is -2.51. The van der Waals surface area contributed by atoms with Crippen molar-refractivity contribution in [3.05, 3.63) is 0 Å². The SMILES string of the molecule is CCN(C(=O)N(CCOC)CC(=O)O)C(C)CN(C)C. The summed E-state index contributed by atoms with van der Waals surface area (Å²) >= 11 is 0. The second kappa shape index (κ2) is 9.55. The van der Waals surface area contributed by atoms with Gasteiger partial charge in [0.05, 0.1) is 6.61 Å². The van der Waals surface area contributed by atoms with Crippen LogP contribution in [0.15, 0.2) is 0 Å². The van der Waals surface area contributed by atoms with Crippen molar-refractivity contribution in [1.82, 2.24) is 14.7 Å². The Kier molecular flexibility index (Phi) is 8.91. The van der Waals surface area contributed by atoms with Gasteiger partial charge < -0.3 is 24.5 Å². The van der Waals surface area contributed by atoms with Crippen LogP contribution >= 0.6 is 0 Å². The van der Waals surface area contributed by atoms with Gasteiger partial charge in [0.2, 0.25) is 0 Å². The molecule has 0 aromatic carbocycles. The molecule has 0 spiro atoms. The van der Waals surface area contributed by atoms with E-state index in [2.05, 4.69) is 0 Å². The lowest BCUT2D eigenvalue weighted by molar-refractivity contribution is -0.137. The predicted molar refractivity (Wildman–Crippen MR) is 76.9 cm³/mol. The maximum atomic E-state index is 12.5. The Morgan fingerprint density at radius 1 is 1.30 bits per heavy atom. The summed E-state index contributed by atoms with van der Waals surface area (Å²) in [6.07, 6.45) is 0. The van der Waals surface area contributed by atoms with Crippen molar-refractivity contribution in [3.63, 3.8) is 0 Å². The smallest absolute Gasteiger partial charge is 0.323 e. The first-order valence-corrected chi connectivity index (χ1v) is 6.74. The van der Waals surface area contributed by atoms with Crippen molar-refractivity contribution in [2.45, 2.75) is 19.9 Å². The molecule has 0 saturated heterocycles. The van der Waals surface area contributed by atoms with Gasteiger partial charge >= 0.3 is 12.0 Å². The summed E-state index contributed by atoms with van der Waals surface area (Å²) in [5, 5.41) is 8.91. The molecule has 0 heterocycles. The zero-order valence-corrected chi connectivity index (χ0v) is 13.1. The summed E-state index contributed by atoms with van der Waals surface area (Å²) in [7, 11) is 5.40. The van der Waals surface area contributed by atoms with Gasteiger partial charge in [0.1, 0.15) is 6.54 Å². The van der Waals surface area contributed by atoms with E-state index in [1.807, 2.05) is 32.8 Å². The highest BCUT2D eigenvalue weighted by Gasteiger charge is 2.25. The number of carbonyl (C=O) groups is 2. The molecule has 20 heavy (non-hydrogen) atoms. The first-order valence-electron chi connectivity index (χ1n) is 6.74. The molecule has 1 atom stereocenters. The van der Waals surface area contributed by atoms with Gasteiger partial charge in [-0.3, -0.25) is 4.79 Å². The molecule has 0 fully saturated rings. The molecule has 0 rings (SSSR count). The van der Waals surface area contributed by atoms with Crippen molar-refractivity contribution >= 4 is 12.0 Å². The number of aliphatic carboxylic acids is 1. The van der Waals surface area contributed by atoms with Gasteiger partial charge in [-0.05, 0) is 27.9 Å². The molecule has 1 N–H and O–H groups in total. The number of likely N-dealkylation sites (N-methyl/N-ethyl adjacent to an activating group) is 2. The molecule has 1 unspecified atom stereocenters. The van der Waals surface area contributed by atoms with Crippen LogP contribution in [-0.2, 0) is 9.53 Å². The van der Waals surface area contributed by atoms with Gasteiger partial charge in [-0.25, -0.2) is 4.79 Å². The maximum Gasteiger partial charge on any atom is 0.323 e. The molecule has 0 bridgehead atoms. The number of hydrogen-bond donors (Lipinski definition) is 1. The Bertz CT molecular complexity index is 310. The lowest BCUT2D eigenvalue weighted by Gasteiger charge is -2.34. The Hall–Kier alpha value is -1.34. The zero-order valence-electron chi connectivity index (χ0n) is 13.1. The van der Waals surface area contributed by atoms with Gasteiger partial charge in [0.25, 0.3) is 0 Å². The van der Waals surface area contributed by atoms with E-state index in [0.29, 0.717) is 13.2 Å². The average Bonchev–Trinajstić information content (AvgIpc) is 2.33. The van der Waals surface area contributed by atoms with Gasteiger partial charge in [-0.15, -0.1) is 0 Å². The highest BCUT2D eigenvalue weighted by atomic mass is 16.5. The second-order valence-electron chi connectivity index (χ2n) is 4.99. The number of carbonyl (C=O) groups excluding carboxylic acids is 1. The third kappa shape index (κ3) is 6.72. The summed E-state index contributed by atoms with van der Waals surface area (Å²) in [5.74, 6) is -1.02. The van der Waals surface area contributed by atoms with Crippen molar-refractivity contribution < 1.29 is 19.4 Å². The molecule has 118 valence electrons. The fourth-order valence-electron chi connectivity index (χ4n) is 2.05. The summed E-state index contributed by atoms with van der Waals surface area (Å²) < 4.78 is 4.93. The Labute approximate surface area is 121 Å². The number of nitrogens with zero attached hydrogens (tertiary/aromatic N) is 3. The molecule has 0 aliphatic heterocycles. The van der Waals surface area contributed by atoms with Crippen molar-refractivity contribution in [2.24, 2.45) is 0 Å². The van der Waals surface area contributed by atoms with Crippen LogP contribution in [0.1, 0.15) is 13.8 Å². The van der Waals surface area contributed by atoms with Crippen LogP contribution in [0.5, 0.6) is 0 Å². The second-order valence-corrected chi connectivity index (χ2v) is 4.99. The Morgan fingerprint density at radius 3 is 2.30 bits per heavy atom. The van der Waals surface area contributed by atoms with Gasteiger partial charge in [-0.1, -0.05) is 0 Å². The first-order chi connectivity index (χ1) is 9.33. The van der Waals surface area contributed by atoms with Crippen molar-refractivity contribution in [3.8, 4) is 0 Å². The molecular formula is C13H27N3O4. The van der Waals surface area contributed by atoms with Crippen molar-refractivity contribution in [1.29, 1.82) is 0 Å². The molecule has 0 aliphatic carbocycles. The third-order valence-electron chi connectivity index (χ3n) is 2.91. The number of ether oxygens (including phenoxy) is 1. The van der Waals surface area contributed by atoms with Gasteiger partial charge in [0, 0.05) is 32.8 Å². The van der Waals surface area contributed by atoms with E-state index in [1.54, 1.807) is 4.90 Å². The number of hydrogen-bond acceptors (Lipinski definition) is 4. The van der Waals surface area contributed by atoms with Crippen LogP contribution in [-0.4, -0.2) is 91.8 Å². The molecule has 0 aromatic rings. The van der Waals surface area contributed by atoms with Crippen LogP contribution in [0, 0.1) is 0 Å². The van der Waals surface area contributed by atoms with E-state index < -0.39 is 5.97 Å². The number of methoxy groups -OCH3 is 1. The standard InChI is InChI=1S/C13H27N3O4/c1-6-16(11(2)9-14(3)4)13(19)15(7-8-20-5)10-12(17)18/h11H,6-10H2,1-5H3,(H,17,18). The lowest BCUT2D eigenvalue weighted by atomic mass is 10.2. The van der Waals surface area contributed by atoms with E-state index in [9.17, 15) is 9.59 Å². The number of urea groups is 1. The Morgan fingerprint density at radius 2 is 1.90 bits per heavy atom. The fourth-order valence-corrected chi connectivity index (χ4v) is 2.05. The predicted octanol–water partition coefficient (Wildman–Crippen LogP) is 0.411. The molecule has 7 nitrogen and oxygen atoms in total. The molecule has 0 aromatic heterocycles. The minimum atomic E-state index is -1.02. The van der Waals surface area contributed by atoms with E-state index in [4.69, 9.17) is 9.84 Å². The summed E-state index contributed by atoms with van der Waals surface area (Å²) in [5.41, 5.74) is 0. The number of carboxylic acids is 1. The number of rotatable bonds is 9. The number of carboxylic acid groups (broad SMARTS) is 1. The first kappa shape index (κ1) is 18.7. The molecule has 7 heteroatoms. The van der Waals surface area contributed by atoms with E-state index >= 15 is 0 Å². The Balaban J connectivity index is 4.83. The number of amides is 2. The molecular weight excluding hydrogens is 262 g/mol. The zero-order chi connectivity index (χ0) is 15.7. The van der Waals surface area contributed by atoms with Gasteiger partial charge in [0.15, 0.2) is 0 Å². The monoisotopic (exact) mass is 289 g/mol. The van der Waals surface area contributed by atoms with Crippen LogP contribution in [0.3, 0.4) is 0 Å². The summed E-state index contributed by atoms with van der Waals surface area (Å²) in [6.45, 7) is 5.39. The highest BCUT2D eigenvalue weighted by Crippen LogP contribution is 2.06. The minimum Gasteiger partial charge on any atom is -0.480 e. The average molecular weight is 289 g/mol. The normalized spacial score (nSPS) is 12.3. The largest absolute Gasteiger partial charge is 0.480 e. The molecule has 2 amide bonds. The van der Waals surface area contributed by atoms with Crippen LogP contribution < -0.4 is 0 Å². The van der Waals surface area contributed by atoms with Crippen LogP contribution in [0.2, 0.25) is 0 Å². The summed E-state index contributed by atoms with van der Waals surface area (Å²) in [6, 6.07) is -0.248. The van der Waals surface area contributed by atoms with Crippen LogP contribution in [0.4, 0.5) is 4.79 Å². The topological polar surface area (TPSA) is 73.3 Å². The highest BCUT2D eigenvalue weighted by molar-refractivity contribution is 5.80. The van der Waals surface area contributed by atoms with E-state index in [1.165, 1.54) is 12.0 Å². The minimum absolute atomic E-state index is 0.0151. The summed E-state index contributed by atoms with van der Waals surface area (Å²) in [4.78, 5) is 28.3. The van der Waals surface area contributed by atoms with E-state index in [0.717, 1.165) is 6.54 Å². The quantitative estimate of drug-likeness (QED) is 0.665. The van der Waals surface area contributed by atoms with E-state index in [-0.39, 0.29) is 25.2 Å². The van der Waals surface area contributed by atoms with Crippen LogP contribution in [0.25, 0.3) is 0 Å². The molecule has 0 aliphatic rings.